The third kappa shape index (κ3) is 3.23. The van der Waals surface area contributed by atoms with Crippen molar-refractivity contribution in [3.05, 3.63) is 47.6 Å². The van der Waals surface area contributed by atoms with Crippen LogP contribution in [0.4, 0.5) is 4.39 Å². The van der Waals surface area contributed by atoms with Gasteiger partial charge in [0.25, 0.3) is 5.19 Å². The van der Waals surface area contributed by atoms with Crippen LogP contribution in [0, 0.1) is 6.92 Å². The summed E-state index contributed by atoms with van der Waals surface area (Å²) in [7, 11) is 1.97. The van der Waals surface area contributed by atoms with Crippen molar-refractivity contribution in [2.45, 2.75) is 51.3 Å². The van der Waals surface area contributed by atoms with Crippen LogP contribution in [0.3, 0.4) is 0 Å². The number of nitrogens with zero attached hydrogens (tertiary/aromatic N) is 5. The highest BCUT2D eigenvalue weighted by molar-refractivity contribution is 7.16. The van der Waals surface area contributed by atoms with E-state index in [1.165, 1.54) is 11.3 Å². The standard InChI is InChI=1S/C22H24FN5O2S/c1-12-7-8-28(26-12)14-5-6-16(18(29)9-14)20-24-25-21(31-20)30-15-10-17-13(2)19(23)22(3,11-15)27(17)4/h5-9,15,17,29H,10-11H2,1-4H3. The number of halogens is 1. The lowest BCUT2D eigenvalue weighted by Gasteiger charge is -2.43. The maximum absolute atomic E-state index is 14.8. The van der Waals surface area contributed by atoms with Crippen LogP contribution in [0.25, 0.3) is 16.3 Å². The molecule has 2 bridgehead atoms. The molecule has 5 rings (SSSR count). The Labute approximate surface area is 183 Å². The zero-order valence-corrected chi connectivity index (χ0v) is 18.6. The van der Waals surface area contributed by atoms with Gasteiger partial charge in [-0.3, -0.25) is 4.90 Å². The number of benzene rings is 1. The van der Waals surface area contributed by atoms with Crippen LogP contribution < -0.4 is 4.74 Å². The van der Waals surface area contributed by atoms with Gasteiger partial charge in [0.15, 0.2) is 5.01 Å². The van der Waals surface area contributed by atoms with Crippen LogP contribution in [0.1, 0.15) is 32.4 Å². The number of phenols is 1. The molecule has 2 aliphatic heterocycles. The molecular formula is C22H24FN5O2S. The van der Waals surface area contributed by atoms with Crippen LogP contribution >= 0.6 is 11.3 Å². The lowest BCUT2D eigenvalue weighted by Crippen LogP contribution is -2.53. The molecule has 1 N–H and O–H groups in total. The molecule has 162 valence electrons. The van der Waals surface area contributed by atoms with Gasteiger partial charge in [0.2, 0.25) is 0 Å². The van der Waals surface area contributed by atoms with Crippen molar-refractivity contribution in [1.29, 1.82) is 0 Å². The molecule has 2 aliphatic rings. The number of likely N-dealkylation sites (N-methyl/N-ethyl adjacent to an activating group) is 1. The van der Waals surface area contributed by atoms with Crippen LogP contribution in [-0.2, 0) is 0 Å². The lowest BCUT2D eigenvalue weighted by molar-refractivity contribution is 0.0167. The highest BCUT2D eigenvalue weighted by Gasteiger charge is 2.52. The Morgan fingerprint density at radius 1 is 1.26 bits per heavy atom. The zero-order valence-electron chi connectivity index (χ0n) is 17.8. The molecule has 7 nitrogen and oxygen atoms in total. The van der Waals surface area contributed by atoms with Gasteiger partial charge in [-0.1, -0.05) is 16.4 Å². The fourth-order valence-electron chi connectivity index (χ4n) is 4.71. The molecule has 0 saturated carbocycles. The van der Waals surface area contributed by atoms with E-state index in [9.17, 15) is 9.50 Å². The maximum atomic E-state index is 14.8. The molecular weight excluding hydrogens is 417 g/mol. The average Bonchev–Trinajstić information content (AvgIpc) is 3.39. The van der Waals surface area contributed by atoms with Gasteiger partial charge in [-0.15, -0.1) is 5.10 Å². The summed E-state index contributed by atoms with van der Waals surface area (Å²) in [5, 5.41) is 24.3. The molecule has 3 atom stereocenters. The number of ether oxygens (including phenoxy) is 1. The Morgan fingerprint density at radius 3 is 2.74 bits per heavy atom. The summed E-state index contributed by atoms with van der Waals surface area (Å²) in [6, 6.07) is 7.26. The van der Waals surface area contributed by atoms with E-state index in [1.54, 1.807) is 16.8 Å². The summed E-state index contributed by atoms with van der Waals surface area (Å²) in [5.41, 5.74) is 2.40. The first-order valence-corrected chi connectivity index (χ1v) is 11.0. The normalized spacial score (nSPS) is 26.0. The number of fused-ring (bicyclic) bond motifs is 2. The van der Waals surface area contributed by atoms with E-state index in [-0.39, 0.29) is 23.7 Å². The van der Waals surface area contributed by atoms with Gasteiger partial charge in [0.05, 0.1) is 22.5 Å². The quantitative estimate of drug-likeness (QED) is 0.652. The molecule has 3 aromatic rings. The van der Waals surface area contributed by atoms with Gasteiger partial charge in [-0.25, -0.2) is 9.07 Å². The molecule has 9 heteroatoms. The molecule has 1 saturated heterocycles. The second-order valence-electron chi connectivity index (χ2n) is 8.55. The van der Waals surface area contributed by atoms with E-state index in [2.05, 4.69) is 20.2 Å². The molecule has 0 radical (unpaired) electrons. The van der Waals surface area contributed by atoms with Gasteiger partial charge in [0.1, 0.15) is 17.7 Å². The monoisotopic (exact) mass is 441 g/mol. The van der Waals surface area contributed by atoms with E-state index in [4.69, 9.17) is 4.74 Å². The van der Waals surface area contributed by atoms with Crippen LogP contribution in [0.5, 0.6) is 10.9 Å². The fraction of sp³-hybridized carbons (Fsp3) is 0.409. The van der Waals surface area contributed by atoms with E-state index < -0.39 is 5.54 Å². The summed E-state index contributed by atoms with van der Waals surface area (Å²) in [5.74, 6) is 0.0570. The minimum Gasteiger partial charge on any atom is -0.507 e. The highest BCUT2D eigenvalue weighted by atomic mass is 32.1. The van der Waals surface area contributed by atoms with Gasteiger partial charge in [0, 0.05) is 31.1 Å². The number of aromatic hydroxyl groups is 1. The fourth-order valence-corrected chi connectivity index (χ4v) is 5.50. The Morgan fingerprint density at radius 2 is 2.06 bits per heavy atom. The van der Waals surface area contributed by atoms with Crippen LogP contribution in [0.15, 0.2) is 41.9 Å². The summed E-state index contributed by atoms with van der Waals surface area (Å²) in [4.78, 5) is 2.10. The SMILES string of the molecule is CC1=C(F)C2(C)CC(Oc3nnc(-c4ccc(-n5ccc(C)n5)cc4O)s3)CC1N2C. The molecule has 0 amide bonds. The van der Waals surface area contributed by atoms with Crippen molar-refractivity contribution in [1.82, 2.24) is 24.9 Å². The first kappa shape index (κ1) is 20.1. The first-order valence-electron chi connectivity index (χ1n) is 10.2. The van der Waals surface area contributed by atoms with Gasteiger partial charge in [-0.2, -0.15) is 5.10 Å². The molecule has 0 spiro atoms. The largest absolute Gasteiger partial charge is 0.507 e. The Balaban J connectivity index is 1.33. The van der Waals surface area contributed by atoms with Crippen molar-refractivity contribution < 1.29 is 14.2 Å². The molecule has 31 heavy (non-hydrogen) atoms. The highest BCUT2D eigenvalue weighted by Crippen LogP contribution is 2.48. The summed E-state index contributed by atoms with van der Waals surface area (Å²) < 4.78 is 22.6. The Hall–Kier alpha value is -2.78. The minimum atomic E-state index is -0.635. The molecule has 1 fully saturated rings. The van der Waals surface area contributed by atoms with Crippen LogP contribution in [-0.4, -0.2) is 54.7 Å². The number of piperidine rings is 1. The second kappa shape index (κ2) is 7.13. The third-order valence-electron chi connectivity index (χ3n) is 6.55. The molecule has 4 heterocycles. The van der Waals surface area contributed by atoms with Gasteiger partial charge < -0.3 is 9.84 Å². The van der Waals surface area contributed by atoms with Crippen molar-refractivity contribution >= 4 is 11.3 Å². The summed E-state index contributed by atoms with van der Waals surface area (Å²) in [6.07, 6.45) is 2.97. The Bertz CT molecular complexity index is 1190. The average molecular weight is 442 g/mol. The van der Waals surface area contributed by atoms with E-state index >= 15 is 0 Å². The molecule has 3 unspecified atom stereocenters. The van der Waals surface area contributed by atoms with Crippen molar-refractivity contribution in [2.24, 2.45) is 0 Å². The van der Waals surface area contributed by atoms with E-state index in [0.717, 1.165) is 17.0 Å². The maximum Gasteiger partial charge on any atom is 0.294 e. The zero-order chi connectivity index (χ0) is 21.9. The number of rotatable bonds is 4. The van der Waals surface area contributed by atoms with E-state index in [1.807, 2.05) is 46.1 Å². The number of hydrogen-bond acceptors (Lipinski definition) is 7. The smallest absolute Gasteiger partial charge is 0.294 e. The number of aryl methyl sites for hydroxylation is 1. The second-order valence-corrected chi connectivity index (χ2v) is 9.49. The topological polar surface area (TPSA) is 76.3 Å². The van der Waals surface area contributed by atoms with Gasteiger partial charge in [-0.05, 0) is 51.6 Å². The predicted molar refractivity (Wildman–Crippen MR) is 116 cm³/mol. The van der Waals surface area contributed by atoms with Crippen molar-refractivity contribution in [3.8, 4) is 27.2 Å². The molecule has 2 aromatic heterocycles. The van der Waals surface area contributed by atoms with Crippen molar-refractivity contribution in [3.63, 3.8) is 0 Å². The van der Waals surface area contributed by atoms with Crippen LogP contribution in [0.2, 0.25) is 0 Å². The number of aromatic nitrogens is 4. The van der Waals surface area contributed by atoms with E-state index in [0.29, 0.717) is 28.6 Å². The Kier molecular flexibility index (Phi) is 4.63. The summed E-state index contributed by atoms with van der Waals surface area (Å²) >= 11 is 1.28. The third-order valence-corrected chi connectivity index (χ3v) is 7.40. The number of hydrogen-bond donors (Lipinski definition) is 1. The van der Waals surface area contributed by atoms with Crippen molar-refractivity contribution in [2.75, 3.05) is 7.05 Å². The lowest BCUT2D eigenvalue weighted by atomic mass is 9.88. The minimum absolute atomic E-state index is 0.0403. The molecule has 1 aromatic carbocycles. The first-order chi connectivity index (χ1) is 14.8. The predicted octanol–water partition coefficient (Wildman–Crippen LogP) is 4.26. The molecule has 0 aliphatic carbocycles. The van der Waals surface area contributed by atoms with Gasteiger partial charge >= 0.3 is 0 Å². The summed E-state index contributed by atoms with van der Waals surface area (Å²) in [6.45, 7) is 5.70. The number of phenolic OH excluding ortho intramolecular Hbond substituents is 1.